The molecule has 3 heteroatoms. The first-order chi connectivity index (χ1) is 12.7. The number of hydrogen-bond acceptors (Lipinski definition) is 3. The van der Waals surface area contributed by atoms with Crippen LogP contribution in [0, 0.1) is 5.92 Å². The van der Waals surface area contributed by atoms with Crippen LogP contribution in [0.3, 0.4) is 0 Å². The van der Waals surface area contributed by atoms with Crippen LogP contribution in [-0.2, 0) is 6.42 Å². The van der Waals surface area contributed by atoms with Gasteiger partial charge in [0.25, 0.3) is 0 Å². The van der Waals surface area contributed by atoms with Gasteiger partial charge in [0.15, 0.2) is 5.96 Å². The lowest BCUT2D eigenvalue weighted by Crippen LogP contribution is -2.41. The summed E-state index contributed by atoms with van der Waals surface area (Å²) in [5.74, 6) is 1.74. The van der Waals surface area contributed by atoms with Crippen molar-refractivity contribution in [3.8, 4) is 0 Å². The predicted molar refractivity (Wildman–Crippen MR) is 112 cm³/mol. The normalized spacial score (nSPS) is 16.8. The second-order valence-electron chi connectivity index (χ2n) is 7.57. The average Bonchev–Trinajstić information content (AvgIpc) is 3.01. The smallest absolute Gasteiger partial charge is 0.198 e. The molecule has 0 radical (unpaired) electrons. The van der Waals surface area contributed by atoms with E-state index in [-0.39, 0.29) is 0 Å². The molecule has 0 saturated heterocycles. The first kappa shape index (κ1) is 18.5. The van der Waals surface area contributed by atoms with E-state index in [9.17, 15) is 0 Å². The zero-order valence-electron chi connectivity index (χ0n) is 16.1. The number of aliphatic imine (C=N–C) groups is 1. The van der Waals surface area contributed by atoms with E-state index < -0.39 is 0 Å². The maximum absolute atomic E-state index is 4.82. The lowest BCUT2D eigenvalue weighted by atomic mass is 10.0. The van der Waals surface area contributed by atoms with Crippen molar-refractivity contribution >= 4 is 11.6 Å². The first-order valence-electron chi connectivity index (χ1n) is 9.89. The van der Waals surface area contributed by atoms with Gasteiger partial charge in [-0.3, -0.25) is 4.99 Å². The molecular weight excluding hydrogens is 318 g/mol. The summed E-state index contributed by atoms with van der Waals surface area (Å²) in [5.41, 5.74) is 2.55. The molecule has 0 fully saturated rings. The van der Waals surface area contributed by atoms with Gasteiger partial charge in [-0.15, -0.1) is 0 Å². The van der Waals surface area contributed by atoms with E-state index in [1.165, 1.54) is 24.8 Å². The number of aryl methyl sites for hydroxylation is 1. The van der Waals surface area contributed by atoms with Crippen molar-refractivity contribution in [3.05, 3.63) is 66.2 Å². The number of nitrogens with one attached hydrogen (secondary N) is 1. The van der Waals surface area contributed by atoms with Gasteiger partial charge in [0.05, 0.1) is 12.6 Å². The average molecular weight is 350 g/mol. The van der Waals surface area contributed by atoms with Crippen molar-refractivity contribution in [2.24, 2.45) is 10.9 Å². The molecule has 1 aliphatic heterocycles. The summed E-state index contributed by atoms with van der Waals surface area (Å²) < 4.78 is 0. The Bertz CT molecular complexity index is 679. The molecule has 1 heterocycles. The number of hydrogen-bond donors (Lipinski definition) is 1. The van der Waals surface area contributed by atoms with E-state index in [1.54, 1.807) is 0 Å². The van der Waals surface area contributed by atoms with E-state index in [1.807, 2.05) is 6.07 Å². The zero-order chi connectivity index (χ0) is 18.2. The molecular formula is C23H31N3. The van der Waals surface area contributed by atoms with Crippen molar-refractivity contribution < 1.29 is 0 Å². The Morgan fingerprint density at radius 1 is 1.00 bits per heavy atom. The summed E-state index contributed by atoms with van der Waals surface area (Å²) in [7, 11) is 0. The van der Waals surface area contributed by atoms with E-state index in [0.29, 0.717) is 12.0 Å². The van der Waals surface area contributed by atoms with Crippen LogP contribution in [0.15, 0.2) is 65.7 Å². The van der Waals surface area contributed by atoms with Gasteiger partial charge >= 0.3 is 0 Å². The van der Waals surface area contributed by atoms with E-state index in [2.05, 4.69) is 78.7 Å². The van der Waals surface area contributed by atoms with Gasteiger partial charge in [-0.25, -0.2) is 0 Å². The molecule has 0 saturated carbocycles. The molecule has 1 N–H and O–H groups in total. The van der Waals surface area contributed by atoms with Crippen LogP contribution in [-0.4, -0.2) is 30.0 Å². The quantitative estimate of drug-likeness (QED) is 0.663. The molecule has 0 aliphatic carbocycles. The molecule has 3 nitrogen and oxygen atoms in total. The largest absolute Gasteiger partial charge is 0.338 e. The zero-order valence-corrected chi connectivity index (χ0v) is 16.1. The van der Waals surface area contributed by atoms with Gasteiger partial charge < -0.3 is 10.2 Å². The van der Waals surface area contributed by atoms with Gasteiger partial charge in [0.1, 0.15) is 0 Å². The summed E-state index contributed by atoms with van der Waals surface area (Å²) in [6.07, 6.45) is 4.76. The maximum Gasteiger partial charge on any atom is 0.198 e. The molecule has 0 aromatic heterocycles. The van der Waals surface area contributed by atoms with E-state index >= 15 is 0 Å². The number of anilines is 1. The minimum absolute atomic E-state index is 0.526. The third kappa shape index (κ3) is 5.35. The van der Waals surface area contributed by atoms with Crippen molar-refractivity contribution in [2.75, 3.05) is 18.4 Å². The Labute approximate surface area is 158 Å². The van der Waals surface area contributed by atoms with Gasteiger partial charge in [0.2, 0.25) is 0 Å². The number of unbranched alkanes of at least 4 members (excludes halogenated alkanes) is 1. The highest BCUT2D eigenvalue weighted by molar-refractivity contribution is 5.95. The van der Waals surface area contributed by atoms with Gasteiger partial charge in [-0.2, -0.15) is 0 Å². The summed E-state index contributed by atoms with van der Waals surface area (Å²) in [5, 5.41) is 3.53. The van der Waals surface area contributed by atoms with Crippen LogP contribution in [0.2, 0.25) is 0 Å². The number of benzene rings is 2. The molecule has 3 rings (SSSR count). The van der Waals surface area contributed by atoms with E-state index in [0.717, 1.165) is 31.2 Å². The summed E-state index contributed by atoms with van der Waals surface area (Å²) >= 11 is 0. The van der Waals surface area contributed by atoms with Crippen molar-refractivity contribution in [2.45, 2.75) is 45.6 Å². The molecule has 1 atom stereocenters. The molecule has 2 aromatic carbocycles. The molecule has 0 amide bonds. The second kappa shape index (κ2) is 9.42. The van der Waals surface area contributed by atoms with Crippen molar-refractivity contribution in [3.63, 3.8) is 0 Å². The summed E-state index contributed by atoms with van der Waals surface area (Å²) in [6, 6.07) is 21.7. The minimum atomic E-state index is 0.526. The van der Waals surface area contributed by atoms with Gasteiger partial charge in [0, 0.05) is 12.2 Å². The molecule has 1 unspecified atom stereocenters. The van der Waals surface area contributed by atoms with Crippen LogP contribution < -0.4 is 5.32 Å². The lowest BCUT2D eigenvalue weighted by Gasteiger charge is -2.29. The van der Waals surface area contributed by atoms with Crippen LogP contribution in [0.25, 0.3) is 0 Å². The Hall–Kier alpha value is -2.29. The third-order valence-electron chi connectivity index (χ3n) is 4.90. The van der Waals surface area contributed by atoms with Crippen LogP contribution in [0.1, 0.15) is 38.7 Å². The van der Waals surface area contributed by atoms with Crippen LogP contribution >= 0.6 is 0 Å². The molecule has 26 heavy (non-hydrogen) atoms. The predicted octanol–water partition coefficient (Wildman–Crippen LogP) is 5.21. The molecule has 138 valence electrons. The Morgan fingerprint density at radius 3 is 2.38 bits per heavy atom. The Morgan fingerprint density at radius 2 is 1.69 bits per heavy atom. The number of para-hydroxylation sites is 1. The SMILES string of the molecule is CC(C)CC1CN=C(Nc2ccccc2)N1CCCCc1ccccc1. The maximum atomic E-state index is 4.82. The summed E-state index contributed by atoms with van der Waals surface area (Å²) in [6.45, 7) is 6.58. The van der Waals surface area contributed by atoms with Crippen molar-refractivity contribution in [1.82, 2.24) is 4.90 Å². The molecule has 0 spiro atoms. The first-order valence-corrected chi connectivity index (χ1v) is 9.89. The van der Waals surface area contributed by atoms with Crippen LogP contribution in [0.5, 0.6) is 0 Å². The van der Waals surface area contributed by atoms with Gasteiger partial charge in [-0.05, 0) is 49.3 Å². The number of rotatable bonds is 8. The highest BCUT2D eigenvalue weighted by Gasteiger charge is 2.27. The summed E-state index contributed by atoms with van der Waals surface area (Å²) in [4.78, 5) is 7.31. The topological polar surface area (TPSA) is 27.6 Å². The van der Waals surface area contributed by atoms with Gasteiger partial charge in [-0.1, -0.05) is 62.4 Å². The Kier molecular flexibility index (Phi) is 6.70. The molecule has 1 aliphatic rings. The van der Waals surface area contributed by atoms with Crippen LogP contribution in [0.4, 0.5) is 5.69 Å². The molecule has 0 bridgehead atoms. The lowest BCUT2D eigenvalue weighted by molar-refractivity contribution is 0.293. The Balaban J connectivity index is 1.56. The highest BCUT2D eigenvalue weighted by atomic mass is 15.4. The standard InChI is InChI=1S/C23H31N3/c1-19(2)17-22-18-24-23(25-21-14-7-4-8-15-21)26(22)16-10-9-13-20-11-5-3-6-12-20/h3-8,11-12,14-15,19,22H,9-10,13,16-18H2,1-2H3,(H,24,25). The van der Waals surface area contributed by atoms with E-state index in [4.69, 9.17) is 4.99 Å². The number of guanidine groups is 1. The number of nitrogens with zero attached hydrogens (tertiary/aromatic N) is 2. The monoisotopic (exact) mass is 349 g/mol. The fourth-order valence-electron chi connectivity index (χ4n) is 3.61. The van der Waals surface area contributed by atoms with Crippen molar-refractivity contribution in [1.29, 1.82) is 0 Å². The highest BCUT2D eigenvalue weighted by Crippen LogP contribution is 2.20. The molecule has 2 aromatic rings. The minimum Gasteiger partial charge on any atom is -0.338 e. The fraction of sp³-hybridized carbons (Fsp3) is 0.435. The second-order valence-corrected chi connectivity index (χ2v) is 7.57. The fourth-order valence-corrected chi connectivity index (χ4v) is 3.61. The third-order valence-corrected chi connectivity index (χ3v) is 4.90.